The van der Waals surface area contributed by atoms with Crippen LogP contribution in [-0.4, -0.2) is 32.0 Å². The third-order valence-corrected chi connectivity index (χ3v) is 4.23. The van der Waals surface area contributed by atoms with E-state index in [1.165, 1.54) is 10.8 Å². The molecule has 0 N–H and O–H groups in total. The van der Waals surface area contributed by atoms with Gasteiger partial charge in [-0.2, -0.15) is 13.2 Å². The van der Waals surface area contributed by atoms with E-state index in [0.717, 1.165) is 11.4 Å². The molecule has 0 radical (unpaired) electrons. The van der Waals surface area contributed by atoms with E-state index in [4.69, 9.17) is 0 Å². The molecule has 0 saturated heterocycles. The minimum Gasteiger partial charge on any atom is -0.325 e. The van der Waals surface area contributed by atoms with Gasteiger partial charge in [-0.05, 0) is 26.1 Å². The molecule has 1 atom stereocenters. The Kier molecular flexibility index (Phi) is 5.12. The van der Waals surface area contributed by atoms with Crippen LogP contribution in [0.25, 0.3) is 0 Å². The number of rotatable bonds is 5. The molecule has 120 valence electrons. The van der Waals surface area contributed by atoms with E-state index in [9.17, 15) is 13.2 Å². The van der Waals surface area contributed by atoms with E-state index in [2.05, 4.69) is 9.97 Å². The summed E-state index contributed by atoms with van der Waals surface area (Å²) >= 11 is -0.199. The maximum absolute atomic E-state index is 12.4. The molecule has 0 aromatic carbocycles. The van der Waals surface area contributed by atoms with E-state index in [-0.39, 0.29) is 23.0 Å². The van der Waals surface area contributed by atoms with Crippen LogP contribution in [0, 0.1) is 0 Å². The molecule has 0 saturated carbocycles. The number of imidazole rings is 1. The van der Waals surface area contributed by atoms with Gasteiger partial charge in [-0.1, -0.05) is 6.07 Å². The number of alkyl halides is 3. The van der Waals surface area contributed by atoms with Gasteiger partial charge in [0.1, 0.15) is 0 Å². The van der Waals surface area contributed by atoms with Crippen molar-refractivity contribution in [2.75, 3.05) is 7.05 Å². The minimum absolute atomic E-state index is 0.0508. The zero-order valence-electron chi connectivity index (χ0n) is 12.5. The van der Waals surface area contributed by atoms with Crippen LogP contribution in [-0.2, 0) is 13.6 Å². The average Bonchev–Trinajstić information content (AvgIpc) is 2.78. The maximum Gasteiger partial charge on any atom is 0.449 e. The minimum atomic E-state index is -4.33. The highest BCUT2D eigenvalue weighted by atomic mass is 32.2. The summed E-state index contributed by atoms with van der Waals surface area (Å²) in [6, 6.07) is 5.73. The Labute approximate surface area is 131 Å². The van der Waals surface area contributed by atoms with Crippen molar-refractivity contribution in [2.45, 2.75) is 30.2 Å². The third kappa shape index (κ3) is 4.23. The zero-order chi connectivity index (χ0) is 16.3. The molecular weight excluding hydrogens is 313 g/mol. The van der Waals surface area contributed by atoms with Crippen LogP contribution in [0.2, 0.25) is 0 Å². The van der Waals surface area contributed by atoms with Crippen LogP contribution in [0.1, 0.15) is 24.4 Å². The smallest absolute Gasteiger partial charge is 0.325 e. The van der Waals surface area contributed by atoms with E-state index >= 15 is 0 Å². The number of halogens is 3. The zero-order valence-corrected chi connectivity index (χ0v) is 13.3. The first-order chi connectivity index (χ1) is 10.3. The summed E-state index contributed by atoms with van der Waals surface area (Å²) in [5.41, 5.74) is -2.70. The van der Waals surface area contributed by atoms with E-state index in [1.54, 1.807) is 13.2 Å². The summed E-state index contributed by atoms with van der Waals surface area (Å²) in [5.74, 6) is 0. The highest BCUT2D eigenvalue weighted by molar-refractivity contribution is 8.00. The van der Waals surface area contributed by atoms with Gasteiger partial charge in [0.15, 0.2) is 5.16 Å². The van der Waals surface area contributed by atoms with Crippen molar-refractivity contribution in [1.29, 1.82) is 0 Å². The van der Waals surface area contributed by atoms with E-state index in [0.29, 0.717) is 6.54 Å². The number of aromatic nitrogens is 3. The van der Waals surface area contributed by atoms with Gasteiger partial charge in [0, 0.05) is 37.6 Å². The van der Waals surface area contributed by atoms with Crippen molar-refractivity contribution in [1.82, 2.24) is 19.4 Å². The van der Waals surface area contributed by atoms with Gasteiger partial charge in [0.05, 0.1) is 17.6 Å². The van der Waals surface area contributed by atoms with E-state index < -0.39 is 5.51 Å². The van der Waals surface area contributed by atoms with Gasteiger partial charge in [-0.15, -0.1) is 0 Å². The molecule has 2 rings (SSSR count). The summed E-state index contributed by atoms with van der Waals surface area (Å²) in [6.45, 7) is 2.49. The quantitative estimate of drug-likeness (QED) is 0.784. The van der Waals surface area contributed by atoms with Crippen molar-refractivity contribution >= 4 is 11.8 Å². The second-order valence-electron chi connectivity index (χ2n) is 4.98. The lowest BCUT2D eigenvalue weighted by Gasteiger charge is -2.24. The molecular formula is C14H17F3N4S. The highest BCUT2D eigenvalue weighted by Gasteiger charge is 2.32. The Balaban J connectivity index is 2.08. The summed E-state index contributed by atoms with van der Waals surface area (Å²) < 4.78 is 38.8. The van der Waals surface area contributed by atoms with Crippen molar-refractivity contribution in [3.8, 4) is 0 Å². The van der Waals surface area contributed by atoms with E-state index in [1.807, 2.05) is 37.1 Å². The lowest BCUT2D eigenvalue weighted by molar-refractivity contribution is -0.0332. The molecule has 0 spiro atoms. The molecule has 22 heavy (non-hydrogen) atoms. The lowest BCUT2D eigenvalue weighted by atomic mass is 10.2. The Morgan fingerprint density at radius 1 is 1.32 bits per heavy atom. The fourth-order valence-electron chi connectivity index (χ4n) is 2.01. The first-order valence-electron chi connectivity index (χ1n) is 6.65. The molecule has 2 aromatic heterocycles. The number of hydrogen-bond donors (Lipinski definition) is 0. The van der Waals surface area contributed by atoms with Crippen molar-refractivity contribution in [3.05, 3.63) is 42.0 Å². The molecule has 0 bridgehead atoms. The standard InChI is InChI=1S/C14H17F3N4S/c1-10(12-6-4-5-7-18-12)20(2)9-11-8-19-13(21(11)3)22-14(15,16)17/h4-8,10H,9H2,1-3H3. The van der Waals surface area contributed by atoms with Crippen LogP contribution in [0.15, 0.2) is 35.7 Å². The number of thioether (sulfide) groups is 1. The molecule has 0 fully saturated rings. The largest absolute Gasteiger partial charge is 0.449 e. The van der Waals surface area contributed by atoms with Gasteiger partial charge in [-0.25, -0.2) is 4.98 Å². The summed E-state index contributed by atoms with van der Waals surface area (Å²) in [6.07, 6.45) is 3.21. The van der Waals surface area contributed by atoms with Crippen LogP contribution in [0.3, 0.4) is 0 Å². The second kappa shape index (κ2) is 6.70. The van der Waals surface area contributed by atoms with Gasteiger partial charge >= 0.3 is 5.51 Å². The van der Waals surface area contributed by atoms with Gasteiger partial charge in [0.25, 0.3) is 0 Å². The fourth-order valence-corrected chi connectivity index (χ4v) is 2.58. The monoisotopic (exact) mass is 330 g/mol. The normalized spacial score (nSPS) is 13.6. The van der Waals surface area contributed by atoms with Crippen LogP contribution in [0.4, 0.5) is 13.2 Å². The van der Waals surface area contributed by atoms with Crippen LogP contribution in [0.5, 0.6) is 0 Å². The number of nitrogens with zero attached hydrogens (tertiary/aromatic N) is 4. The lowest BCUT2D eigenvalue weighted by Crippen LogP contribution is -2.23. The molecule has 0 aliphatic heterocycles. The second-order valence-corrected chi connectivity index (χ2v) is 6.02. The van der Waals surface area contributed by atoms with Gasteiger partial charge in [-0.3, -0.25) is 9.88 Å². The van der Waals surface area contributed by atoms with Gasteiger partial charge < -0.3 is 4.57 Å². The summed E-state index contributed by atoms with van der Waals surface area (Å²) in [5, 5.41) is -0.0543. The predicted octanol–water partition coefficient (Wildman–Crippen LogP) is 3.62. The molecule has 2 aromatic rings. The van der Waals surface area contributed by atoms with Crippen LogP contribution >= 0.6 is 11.8 Å². The Morgan fingerprint density at radius 3 is 2.64 bits per heavy atom. The third-order valence-electron chi connectivity index (χ3n) is 3.44. The molecule has 4 nitrogen and oxygen atoms in total. The number of pyridine rings is 1. The Morgan fingerprint density at radius 2 is 2.05 bits per heavy atom. The highest BCUT2D eigenvalue weighted by Crippen LogP contribution is 2.36. The molecule has 0 aliphatic rings. The Bertz CT molecular complexity index is 612. The molecule has 8 heteroatoms. The summed E-state index contributed by atoms with van der Waals surface area (Å²) in [7, 11) is 3.50. The predicted molar refractivity (Wildman–Crippen MR) is 79.2 cm³/mol. The fraction of sp³-hybridized carbons (Fsp3) is 0.429. The van der Waals surface area contributed by atoms with Crippen molar-refractivity contribution < 1.29 is 13.2 Å². The molecule has 2 heterocycles. The molecule has 0 amide bonds. The Hall–Kier alpha value is -1.54. The first-order valence-corrected chi connectivity index (χ1v) is 7.47. The maximum atomic E-state index is 12.4. The summed E-state index contributed by atoms with van der Waals surface area (Å²) in [4.78, 5) is 10.2. The van der Waals surface area contributed by atoms with Crippen molar-refractivity contribution in [3.63, 3.8) is 0 Å². The van der Waals surface area contributed by atoms with Crippen LogP contribution < -0.4 is 0 Å². The topological polar surface area (TPSA) is 34.0 Å². The van der Waals surface area contributed by atoms with Crippen molar-refractivity contribution in [2.24, 2.45) is 7.05 Å². The SMILES string of the molecule is CC(c1ccccn1)N(C)Cc1cnc(SC(F)(F)F)n1C. The molecule has 0 aliphatic carbocycles. The average molecular weight is 330 g/mol. The molecule has 1 unspecified atom stereocenters. The number of hydrogen-bond acceptors (Lipinski definition) is 4. The van der Waals surface area contributed by atoms with Gasteiger partial charge in [0.2, 0.25) is 0 Å². The first kappa shape index (κ1) is 16.8.